The highest BCUT2D eigenvalue weighted by Gasteiger charge is 2.19. The van der Waals surface area contributed by atoms with Crippen LogP contribution in [-0.2, 0) is 0 Å². The maximum atomic E-state index is 7.00. The van der Waals surface area contributed by atoms with Gasteiger partial charge in [-0.25, -0.2) is 0 Å². The van der Waals surface area contributed by atoms with Crippen LogP contribution in [0.3, 0.4) is 0 Å². The third kappa shape index (κ3) is 5.56. The molecule has 1 aliphatic rings. The predicted molar refractivity (Wildman–Crippen MR) is 55.4 cm³/mol. The average molecular weight is 175 g/mol. The van der Waals surface area contributed by atoms with E-state index in [4.69, 9.17) is 5.11 Å². The van der Waals surface area contributed by atoms with Crippen molar-refractivity contribution in [3.8, 4) is 0 Å². The summed E-state index contributed by atoms with van der Waals surface area (Å²) in [6.07, 6.45) is 4.32. The van der Waals surface area contributed by atoms with E-state index in [1.165, 1.54) is 25.8 Å². The van der Waals surface area contributed by atoms with Crippen molar-refractivity contribution in [2.75, 3.05) is 20.7 Å². The van der Waals surface area contributed by atoms with Crippen LogP contribution in [0, 0.1) is 0 Å². The van der Waals surface area contributed by atoms with Crippen LogP contribution in [0.2, 0.25) is 0 Å². The first-order chi connectivity index (χ1) is 5.84. The molecule has 2 heteroatoms. The molecule has 0 heterocycles. The topological polar surface area (TPSA) is 23.5 Å². The van der Waals surface area contributed by atoms with Crippen molar-refractivity contribution in [3.05, 3.63) is 0 Å². The van der Waals surface area contributed by atoms with Crippen LogP contribution < -0.4 is 0 Å². The van der Waals surface area contributed by atoms with Gasteiger partial charge in [0, 0.05) is 13.2 Å². The molecule has 0 amide bonds. The quantitative estimate of drug-likeness (QED) is 0.695. The SMILES string of the molecule is CC.CCN(C)C1CCC1.CO. The second-order valence-corrected chi connectivity index (χ2v) is 2.66. The monoisotopic (exact) mass is 175 g/mol. The molecule has 1 N–H and O–H groups in total. The van der Waals surface area contributed by atoms with E-state index in [-0.39, 0.29) is 0 Å². The summed E-state index contributed by atoms with van der Waals surface area (Å²) in [4.78, 5) is 2.43. The minimum Gasteiger partial charge on any atom is -0.400 e. The first-order valence-corrected chi connectivity index (χ1v) is 4.99. The van der Waals surface area contributed by atoms with E-state index in [1.54, 1.807) is 0 Å². The summed E-state index contributed by atoms with van der Waals surface area (Å²) in [6, 6.07) is 0.931. The van der Waals surface area contributed by atoms with Crippen molar-refractivity contribution in [1.29, 1.82) is 0 Å². The van der Waals surface area contributed by atoms with Crippen molar-refractivity contribution in [2.45, 2.75) is 46.1 Å². The summed E-state index contributed by atoms with van der Waals surface area (Å²) in [5.41, 5.74) is 0. The minimum atomic E-state index is 0.931. The van der Waals surface area contributed by atoms with Crippen LogP contribution >= 0.6 is 0 Å². The molecule has 0 saturated heterocycles. The fourth-order valence-corrected chi connectivity index (χ4v) is 1.09. The largest absolute Gasteiger partial charge is 0.400 e. The Hall–Kier alpha value is -0.0800. The number of hydrogen-bond donors (Lipinski definition) is 1. The Kier molecular flexibility index (Phi) is 13.1. The Morgan fingerprint density at radius 2 is 1.67 bits per heavy atom. The van der Waals surface area contributed by atoms with Gasteiger partial charge >= 0.3 is 0 Å². The molecule has 0 radical (unpaired) electrons. The van der Waals surface area contributed by atoms with Gasteiger partial charge in [-0.05, 0) is 26.4 Å². The highest BCUT2D eigenvalue weighted by atomic mass is 16.2. The third-order valence-electron chi connectivity index (χ3n) is 2.20. The first kappa shape index (κ1) is 14.4. The molecule has 2 nitrogen and oxygen atoms in total. The summed E-state index contributed by atoms with van der Waals surface area (Å²) in [6.45, 7) is 7.43. The lowest BCUT2D eigenvalue weighted by Crippen LogP contribution is -2.36. The maximum absolute atomic E-state index is 7.00. The minimum absolute atomic E-state index is 0.931. The molecule has 0 atom stereocenters. The predicted octanol–water partition coefficient (Wildman–Crippen LogP) is 2.13. The zero-order valence-corrected chi connectivity index (χ0v) is 9.30. The molecule has 1 fully saturated rings. The van der Waals surface area contributed by atoms with E-state index < -0.39 is 0 Å². The van der Waals surface area contributed by atoms with Gasteiger partial charge in [0.1, 0.15) is 0 Å². The molecular formula is C10H25NO. The van der Waals surface area contributed by atoms with E-state index in [0.29, 0.717) is 0 Å². The fraction of sp³-hybridized carbons (Fsp3) is 1.00. The van der Waals surface area contributed by atoms with Crippen molar-refractivity contribution in [3.63, 3.8) is 0 Å². The smallest absolute Gasteiger partial charge is 0.0319 e. The van der Waals surface area contributed by atoms with E-state index in [0.717, 1.165) is 13.2 Å². The van der Waals surface area contributed by atoms with Gasteiger partial charge < -0.3 is 10.0 Å². The van der Waals surface area contributed by atoms with Crippen LogP contribution in [0.25, 0.3) is 0 Å². The molecule has 0 aliphatic heterocycles. The fourth-order valence-electron chi connectivity index (χ4n) is 1.09. The lowest BCUT2D eigenvalue weighted by Gasteiger charge is -2.33. The van der Waals surface area contributed by atoms with Gasteiger partial charge in [0.25, 0.3) is 0 Å². The molecule has 0 spiro atoms. The normalized spacial score (nSPS) is 15.2. The second kappa shape index (κ2) is 10.9. The Balaban J connectivity index is 0. The molecule has 0 aromatic carbocycles. The van der Waals surface area contributed by atoms with E-state index in [1.807, 2.05) is 13.8 Å². The summed E-state index contributed by atoms with van der Waals surface area (Å²) in [7, 11) is 3.21. The van der Waals surface area contributed by atoms with Gasteiger partial charge in [-0.2, -0.15) is 0 Å². The van der Waals surface area contributed by atoms with Crippen molar-refractivity contribution in [1.82, 2.24) is 4.90 Å². The van der Waals surface area contributed by atoms with Crippen molar-refractivity contribution >= 4 is 0 Å². The van der Waals surface area contributed by atoms with Gasteiger partial charge in [-0.1, -0.05) is 27.2 Å². The summed E-state index contributed by atoms with van der Waals surface area (Å²) in [5, 5.41) is 7.00. The summed E-state index contributed by atoms with van der Waals surface area (Å²) < 4.78 is 0. The molecular weight excluding hydrogens is 150 g/mol. The van der Waals surface area contributed by atoms with Crippen LogP contribution in [0.4, 0.5) is 0 Å². The van der Waals surface area contributed by atoms with E-state index in [2.05, 4.69) is 18.9 Å². The molecule has 1 saturated carbocycles. The molecule has 1 rings (SSSR count). The molecule has 76 valence electrons. The maximum Gasteiger partial charge on any atom is 0.0319 e. The van der Waals surface area contributed by atoms with Gasteiger partial charge in [0.2, 0.25) is 0 Å². The summed E-state index contributed by atoms with van der Waals surface area (Å²) >= 11 is 0. The number of rotatable bonds is 2. The Morgan fingerprint density at radius 1 is 1.25 bits per heavy atom. The van der Waals surface area contributed by atoms with Crippen LogP contribution in [0.5, 0.6) is 0 Å². The van der Waals surface area contributed by atoms with Gasteiger partial charge in [0.05, 0.1) is 0 Å². The van der Waals surface area contributed by atoms with Gasteiger partial charge in [-0.15, -0.1) is 0 Å². The van der Waals surface area contributed by atoms with Gasteiger partial charge in [-0.3, -0.25) is 0 Å². The Bertz CT molecular complexity index is 69.5. The molecule has 12 heavy (non-hydrogen) atoms. The number of aliphatic hydroxyl groups is 1. The zero-order chi connectivity index (χ0) is 9.98. The van der Waals surface area contributed by atoms with E-state index in [9.17, 15) is 0 Å². The lowest BCUT2D eigenvalue weighted by atomic mass is 9.92. The lowest BCUT2D eigenvalue weighted by molar-refractivity contribution is 0.167. The van der Waals surface area contributed by atoms with E-state index >= 15 is 0 Å². The van der Waals surface area contributed by atoms with Crippen LogP contribution in [-0.4, -0.2) is 36.8 Å². The second-order valence-electron chi connectivity index (χ2n) is 2.66. The first-order valence-electron chi connectivity index (χ1n) is 4.99. The van der Waals surface area contributed by atoms with Crippen molar-refractivity contribution < 1.29 is 5.11 Å². The van der Waals surface area contributed by atoms with Crippen molar-refractivity contribution in [2.24, 2.45) is 0 Å². The highest BCUT2D eigenvalue weighted by Crippen LogP contribution is 2.22. The van der Waals surface area contributed by atoms with Crippen LogP contribution in [0.15, 0.2) is 0 Å². The third-order valence-corrected chi connectivity index (χ3v) is 2.20. The van der Waals surface area contributed by atoms with Crippen LogP contribution in [0.1, 0.15) is 40.0 Å². The zero-order valence-electron chi connectivity index (χ0n) is 9.30. The molecule has 0 bridgehead atoms. The molecule has 0 aromatic rings. The van der Waals surface area contributed by atoms with Gasteiger partial charge in [0.15, 0.2) is 0 Å². The number of hydrogen-bond acceptors (Lipinski definition) is 2. The number of aliphatic hydroxyl groups excluding tert-OH is 1. The molecule has 0 aromatic heterocycles. The number of nitrogens with zero attached hydrogens (tertiary/aromatic N) is 1. The molecule has 0 unspecified atom stereocenters. The Morgan fingerprint density at radius 3 is 1.75 bits per heavy atom. The standard InChI is InChI=1S/C7H15N.C2H6.CH4O/c1-3-8(2)7-5-4-6-7;2*1-2/h7H,3-6H2,1-2H3;1-2H3;2H,1H3. The molecule has 1 aliphatic carbocycles. The average Bonchev–Trinajstić information content (AvgIpc) is 2.08. The summed E-state index contributed by atoms with van der Waals surface area (Å²) in [5.74, 6) is 0. The Labute approximate surface area is 77.6 Å². The highest BCUT2D eigenvalue weighted by molar-refractivity contribution is 4.76.